The Labute approximate surface area is 174 Å². The highest BCUT2D eigenvalue weighted by molar-refractivity contribution is 7.99. The molecule has 27 heavy (non-hydrogen) atoms. The third kappa shape index (κ3) is 9.18. The number of nitrogens with one attached hydrogen (secondary N) is 2. The Hall–Kier alpha value is -1.69. The summed E-state index contributed by atoms with van der Waals surface area (Å²) in [7, 11) is 0. The molecule has 0 spiro atoms. The van der Waals surface area contributed by atoms with Gasteiger partial charge in [0.1, 0.15) is 0 Å². The topological polar surface area (TPSA) is 58.2 Å². The zero-order chi connectivity index (χ0) is 19.5. The standard InChI is InChI=1S/C20H22Cl2N2O2S/c21-17-5-1-15(2-6-17)13-23-19(25)9-11-27-12-10-20(26)24-14-16-3-7-18(22)8-4-16/h1-8H,9-14H2,(H,23,25)(H,24,26). The fourth-order valence-corrected chi connectivity index (χ4v) is 3.33. The van der Waals surface area contributed by atoms with E-state index in [1.165, 1.54) is 0 Å². The molecule has 0 aliphatic heterocycles. The predicted octanol–water partition coefficient (Wildman–Crippen LogP) is 4.44. The largest absolute Gasteiger partial charge is 0.352 e. The Bertz CT molecular complexity index is 673. The van der Waals surface area contributed by atoms with Gasteiger partial charge in [-0.2, -0.15) is 11.8 Å². The van der Waals surface area contributed by atoms with Crippen molar-refractivity contribution in [1.82, 2.24) is 10.6 Å². The van der Waals surface area contributed by atoms with E-state index in [1.807, 2.05) is 24.3 Å². The number of hydrogen-bond donors (Lipinski definition) is 2. The Morgan fingerprint density at radius 2 is 1.07 bits per heavy atom. The quantitative estimate of drug-likeness (QED) is 0.554. The van der Waals surface area contributed by atoms with Crippen LogP contribution >= 0.6 is 35.0 Å². The van der Waals surface area contributed by atoms with Gasteiger partial charge >= 0.3 is 0 Å². The van der Waals surface area contributed by atoms with Crippen LogP contribution in [0, 0.1) is 0 Å². The molecular weight excluding hydrogens is 403 g/mol. The van der Waals surface area contributed by atoms with Gasteiger partial charge in [-0.3, -0.25) is 9.59 Å². The van der Waals surface area contributed by atoms with E-state index >= 15 is 0 Å². The van der Waals surface area contributed by atoms with Crippen molar-refractivity contribution in [2.75, 3.05) is 11.5 Å². The number of rotatable bonds is 10. The molecular formula is C20H22Cl2N2O2S. The minimum atomic E-state index is 0.00430. The fraction of sp³-hybridized carbons (Fsp3) is 0.300. The van der Waals surface area contributed by atoms with Crippen molar-refractivity contribution in [3.8, 4) is 0 Å². The number of amides is 2. The highest BCUT2D eigenvalue weighted by Gasteiger charge is 2.04. The average Bonchev–Trinajstić information content (AvgIpc) is 2.67. The van der Waals surface area contributed by atoms with E-state index < -0.39 is 0 Å². The average molecular weight is 425 g/mol. The third-order valence-electron chi connectivity index (χ3n) is 3.75. The van der Waals surface area contributed by atoms with Crippen LogP contribution in [0.4, 0.5) is 0 Å². The molecule has 0 unspecified atom stereocenters. The normalized spacial score (nSPS) is 10.4. The van der Waals surface area contributed by atoms with Gasteiger partial charge in [-0.15, -0.1) is 0 Å². The van der Waals surface area contributed by atoms with Gasteiger partial charge in [0, 0.05) is 47.5 Å². The van der Waals surface area contributed by atoms with Gasteiger partial charge in [0.25, 0.3) is 0 Å². The number of thioether (sulfide) groups is 1. The van der Waals surface area contributed by atoms with Gasteiger partial charge < -0.3 is 10.6 Å². The number of carbonyl (C=O) groups is 2. The molecule has 0 bridgehead atoms. The van der Waals surface area contributed by atoms with E-state index in [4.69, 9.17) is 23.2 Å². The second-order valence-corrected chi connectivity index (χ2v) is 8.02. The first kappa shape index (κ1) is 21.6. The van der Waals surface area contributed by atoms with Gasteiger partial charge in [-0.1, -0.05) is 47.5 Å². The molecule has 0 aromatic heterocycles. The number of hydrogen-bond acceptors (Lipinski definition) is 3. The van der Waals surface area contributed by atoms with E-state index in [2.05, 4.69) is 10.6 Å². The summed E-state index contributed by atoms with van der Waals surface area (Å²) in [4.78, 5) is 23.6. The van der Waals surface area contributed by atoms with Gasteiger partial charge in [0.05, 0.1) is 0 Å². The molecule has 4 nitrogen and oxygen atoms in total. The van der Waals surface area contributed by atoms with Crippen molar-refractivity contribution < 1.29 is 9.59 Å². The van der Waals surface area contributed by atoms with E-state index in [0.29, 0.717) is 47.5 Å². The Morgan fingerprint density at radius 3 is 1.44 bits per heavy atom. The first-order valence-electron chi connectivity index (χ1n) is 8.63. The smallest absolute Gasteiger partial charge is 0.221 e. The maximum Gasteiger partial charge on any atom is 0.221 e. The second kappa shape index (κ2) is 11.9. The second-order valence-electron chi connectivity index (χ2n) is 5.92. The molecule has 0 saturated carbocycles. The molecule has 0 radical (unpaired) electrons. The van der Waals surface area contributed by atoms with Crippen molar-refractivity contribution in [1.29, 1.82) is 0 Å². The van der Waals surface area contributed by atoms with Crippen LogP contribution < -0.4 is 10.6 Å². The molecule has 2 rings (SSSR count). The van der Waals surface area contributed by atoms with Crippen LogP contribution in [0.5, 0.6) is 0 Å². The highest BCUT2D eigenvalue weighted by atomic mass is 35.5. The Kier molecular flexibility index (Phi) is 9.53. The van der Waals surface area contributed by atoms with Gasteiger partial charge in [0.15, 0.2) is 0 Å². The molecule has 0 saturated heterocycles. The summed E-state index contributed by atoms with van der Waals surface area (Å²) in [6.45, 7) is 0.988. The van der Waals surface area contributed by atoms with Crippen molar-refractivity contribution in [2.45, 2.75) is 25.9 Å². The maximum atomic E-state index is 11.8. The SMILES string of the molecule is O=C(CCSCCC(=O)NCc1ccc(Cl)cc1)NCc1ccc(Cl)cc1. The van der Waals surface area contributed by atoms with Crippen LogP contribution in [0.3, 0.4) is 0 Å². The lowest BCUT2D eigenvalue weighted by atomic mass is 10.2. The zero-order valence-corrected chi connectivity index (χ0v) is 17.2. The molecule has 0 aliphatic rings. The molecule has 0 aliphatic carbocycles. The Balaban J connectivity index is 1.50. The minimum Gasteiger partial charge on any atom is -0.352 e. The summed E-state index contributed by atoms with van der Waals surface area (Å²) in [5, 5.41) is 7.11. The van der Waals surface area contributed by atoms with E-state index in [0.717, 1.165) is 11.1 Å². The summed E-state index contributed by atoms with van der Waals surface area (Å²) in [6, 6.07) is 14.8. The first-order valence-corrected chi connectivity index (χ1v) is 10.5. The lowest BCUT2D eigenvalue weighted by Gasteiger charge is -2.07. The lowest BCUT2D eigenvalue weighted by molar-refractivity contribution is -0.121. The molecule has 0 atom stereocenters. The number of benzene rings is 2. The van der Waals surface area contributed by atoms with Crippen molar-refractivity contribution >= 4 is 46.8 Å². The van der Waals surface area contributed by atoms with Crippen LogP contribution in [0.2, 0.25) is 10.0 Å². The summed E-state index contributed by atoms with van der Waals surface area (Å²) < 4.78 is 0. The van der Waals surface area contributed by atoms with Crippen molar-refractivity contribution in [2.24, 2.45) is 0 Å². The van der Waals surface area contributed by atoms with Crippen LogP contribution in [0.15, 0.2) is 48.5 Å². The summed E-state index contributed by atoms with van der Waals surface area (Å²) >= 11 is 13.3. The molecule has 2 N–H and O–H groups in total. The first-order chi connectivity index (χ1) is 13.0. The van der Waals surface area contributed by atoms with E-state index in [1.54, 1.807) is 36.0 Å². The summed E-state index contributed by atoms with van der Waals surface area (Å²) in [5.41, 5.74) is 2.02. The van der Waals surface area contributed by atoms with Crippen molar-refractivity contribution in [3.63, 3.8) is 0 Å². The van der Waals surface area contributed by atoms with Crippen LogP contribution in [0.1, 0.15) is 24.0 Å². The monoisotopic (exact) mass is 424 g/mol. The van der Waals surface area contributed by atoms with E-state index in [9.17, 15) is 9.59 Å². The molecule has 2 aromatic rings. The van der Waals surface area contributed by atoms with E-state index in [-0.39, 0.29) is 11.8 Å². The summed E-state index contributed by atoms with van der Waals surface area (Å²) in [6.07, 6.45) is 0.870. The Morgan fingerprint density at radius 1 is 0.704 bits per heavy atom. The fourth-order valence-electron chi connectivity index (χ4n) is 2.21. The van der Waals surface area contributed by atoms with Crippen LogP contribution in [-0.4, -0.2) is 23.3 Å². The number of halogens is 2. The lowest BCUT2D eigenvalue weighted by Crippen LogP contribution is -2.24. The summed E-state index contributed by atoms with van der Waals surface area (Å²) in [5.74, 6) is 1.39. The van der Waals surface area contributed by atoms with Crippen molar-refractivity contribution in [3.05, 3.63) is 69.7 Å². The number of carbonyl (C=O) groups excluding carboxylic acids is 2. The van der Waals surface area contributed by atoms with Gasteiger partial charge in [-0.05, 0) is 35.4 Å². The minimum absolute atomic E-state index is 0.00430. The highest BCUT2D eigenvalue weighted by Crippen LogP contribution is 2.10. The predicted molar refractivity (Wildman–Crippen MR) is 113 cm³/mol. The molecule has 0 fully saturated rings. The van der Waals surface area contributed by atoms with Crippen LogP contribution in [0.25, 0.3) is 0 Å². The van der Waals surface area contributed by atoms with Crippen LogP contribution in [-0.2, 0) is 22.7 Å². The molecule has 7 heteroatoms. The molecule has 144 valence electrons. The molecule has 2 aromatic carbocycles. The third-order valence-corrected chi connectivity index (χ3v) is 5.24. The zero-order valence-electron chi connectivity index (χ0n) is 14.8. The van der Waals surface area contributed by atoms with Gasteiger partial charge in [0.2, 0.25) is 11.8 Å². The maximum absolute atomic E-state index is 11.8. The molecule has 0 heterocycles. The van der Waals surface area contributed by atoms with Gasteiger partial charge in [-0.25, -0.2) is 0 Å². The molecule has 2 amide bonds.